The minimum atomic E-state index is -1.78. The van der Waals surface area contributed by atoms with Gasteiger partial charge >= 0.3 is 0 Å². The molecule has 2 aliphatic heterocycles. The van der Waals surface area contributed by atoms with E-state index in [4.69, 9.17) is 14.2 Å². The molecule has 0 saturated carbocycles. The quantitative estimate of drug-likeness (QED) is 0.246. The molecular weight excluding hydrogens is 444 g/mol. The van der Waals surface area contributed by atoms with Gasteiger partial charge in [0.05, 0.1) is 6.61 Å². The number of fused-ring (bicyclic) bond motifs is 1. The molecule has 2 aliphatic rings. The van der Waals surface area contributed by atoms with E-state index in [0.717, 1.165) is 24.3 Å². The van der Waals surface area contributed by atoms with Gasteiger partial charge in [-0.1, -0.05) is 6.07 Å². The van der Waals surface area contributed by atoms with Gasteiger partial charge in [0.1, 0.15) is 47.2 Å². The lowest BCUT2D eigenvalue weighted by Gasteiger charge is -2.40. The summed E-state index contributed by atoms with van der Waals surface area (Å²) in [6.45, 7) is -0.704. The SMILES string of the molecule is O=C1c2c(O[C@@H]3O[C@H](CO)[C@@H](O)[C@H](O)[C@H]3O)cc(O)cc2O[C@H](c2ccc(O)c(O)c2)[C@H]1O. The van der Waals surface area contributed by atoms with Crippen LogP contribution in [0.3, 0.4) is 0 Å². The van der Waals surface area contributed by atoms with Crippen molar-refractivity contribution in [1.29, 1.82) is 0 Å². The molecule has 0 aromatic heterocycles. The summed E-state index contributed by atoms with van der Waals surface area (Å²) in [6.07, 6.45) is -11.1. The Hall–Kier alpha value is -3.13. The van der Waals surface area contributed by atoms with E-state index >= 15 is 0 Å². The monoisotopic (exact) mass is 466 g/mol. The van der Waals surface area contributed by atoms with E-state index < -0.39 is 72.6 Å². The summed E-state index contributed by atoms with van der Waals surface area (Å²) in [5.41, 5.74) is -0.131. The first kappa shape index (κ1) is 23.0. The summed E-state index contributed by atoms with van der Waals surface area (Å²) >= 11 is 0. The van der Waals surface area contributed by atoms with Crippen molar-refractivity contribution in [2.45, 2.75) is 42.9 Å². The molecule has 1 fully saturated rings. The molecule has 2 heterocycles. The lowest BCUT2D eigenvalue weighted by atomic mass is 9.92. The molecule has 0 bridgehead atoms. The predicted molar refractivity (Wildman–Crippen MR) is 106 cm³/mol. The maximum Gasteiger partial charge on any atom is 0.229 e. The third-order valence-corrected chi connectivity index (χ3v) is 5.53. The van der Waals surface area contributed by atoms with E-state index in [-0.39, 0.29) is 22.6 Å². The number of aliphatic hydroxyl groups excluding tert-OH is 5. The lowest BCUT2D eigenvalue weighted by molar-refractivity contribution is -0.277. The average molecular weight is 466 g/mol. The predicted octanol–water partition coefficient (Wildman–Crippen LogP) is -1.34. The van der Waals surface area contributed by atoms with Gasteiger partial charge in [-0.05, 0) is 17.7 Å². The zero-order valence-corrected chi connectivity index (χ0v) is 16.8. The number of ether oxygens (including phenoxy) is 3. The number of benzene rings is 2. The fourth-order valence-electron chi connectivity index (χ4n) is 3.75. The molecular formula is C21H22O12. The number of Topliss-reactive ketones (excluding diaryl/α,β-unsaturated/α-hetero) is 1. The molecule has 178 valence electrons. The maximum atomic E-state index is 13.0. The number of aliphatic hydroxyl groups is 5. The van der Waals surface area contributed by atoms with Gasteiger partial charge < -0.3 is 55.1 Å². The Morgan fingerprint density at radius 3 is 2.30 bits per heavy atom. The Bertz CT molecular complexity index is 1050. The molecule has 12 heteroatoms. The average Bonchev–Trinajstić information content (AvgIpc) is 2.78. The van der Waals surface area contributed by atoms with E-state index in [9.17, 15) is 45.6 Å². The van der Waals surface area contributed by atoms with Crippen LogP contribution in [0.4, 0.5) is 0 Å². The van der Waals surface area contributed by atoms with Gasteiger partial charge in [-0.3, -0.25) is 4.79 Å². The number of rotatable bonds is 4. The Morgan fingerprint density at radius 1 is 0.909 bits per heavy atom. The molecule has 33 heavy (non-hydrogen) atoms. The van der Waals surface area contributed by atoms with Gasteiger partial charge in [-0.25, -0.2) is 0 Å². The number of hydrogen-bond acceptors (Lipinski definition) is 12. The van der Waals surface area contributed by atoms with Crippen LogP contribution in [0.25, 0.3) is 0 Å². The highest BCUT2D eigenvalue weighted by Gasteiger charge is 2.46. The Morgan fingerprint density at radius 2 is 1.64 bits per heavy atom. The van der Waals surface area contributed by atoms with Gasteiger partial charge in [0, 0.05) is 12.1 Å². The second kappa shape index (κ2) is 8.67. The molecule has 7 atom stereocenters. The Balaban J connectivity index is 1.68. The number of phenolic OH excluding ortho intramolecular Hbond substituents is 3. The molecule has 8 N–H and O–H groups in total. The first-order chi connectivity index (χ1) is 15.6. The van der Waals surface area contributed by atoms with Crippen molar-refractivity contribution in [3.63, 3.8) is 0 Å². The molecule has 2 aromatic carbocycles. The van der Waals surface area contributed by atoms with Crippen molar-refractivity contribution < 1.29 is 59.9 Å². The third-order valence-electron chi connectivity index (χ3n) is 5.53. The number of aromatic hydroxyl groups is 3. The van der Waals surface area contributed by atoms with Crippen molar-refractivity contribution in [2.24, 2.45) is 0 Å². The van der Waals surface area contributed by atoms with E-state index in [1.54, 1.807) is 0 Å². The van der Waals surface area contributed by atoms with Crippen LogP contribution in [0.1, 0.15) is 22.0 Å². The maximum absolute atomic E-state index is 13.0. The number of hydrogen-bond donors (Lipinski definition) is 8. The molecule has 2 aromatic rings. The molecule has 12 nitrogen and oxygen atoms in total. The first-order valence-corrected chi connectivity index (χ1v) is 9.87. The largest absolute Gasteiger partial charge is 0.508 e. The van der Waals surface area contributed by atoms with E-state index in [2.05, 4.69) is 0 Å². The van der Waals surface area contributed by atoms with Crippen molar-refractivity contribution in [1.82, 2.24) is 0 Å². The molecule has 0 unspecified atom stereocenters. The molecule has 1 saturated heterocycles. The Kier molecular flexibility index (Phi) is 6.05. The number of carbonyl (C=O) groups excluding carboxylic acids is 1. The van der Waals surface area contributed by atoms with Crippen LogP contribution in [0, 0.1) is 0 Å². The summed E-state index contributed by atoms with van der Waals surface area (Å²) in [6, 6.07) is 5.68. The van der Waals surface area contributed by atoms with Crippen LogP contribution in [0.15, 0.2) is 30.3 Å². The second-order valence-electron chi connectivity index (χ2n) is 7.73. The normalized spacial score (nSPS) is 31.5. The van der Waals surface area contributed by atoms with Crippen molar-refractivity contribution in [3.8, 4) is 28.7 Å². The fraction of sp³-hybridized carbons (Fsp3) is 0.381. The van der Waals surface area contributed by atoms with Crippen LogP contribution >= 0.6 is 0 Å². The number of ketones is 1. The molecule has 4 rings (SSSR count). The first-order valence-electron chi connectivity index (χ1n) is 9.87. The van der Waals surface area contributed by atoms with Crippen LogP contribution in [-0.2, 0) is 4.74 Å². The van der Waals surface area contributed by atoms with Crippen molar-refractivity contribution in [3.05, 3.63) is 41.5 Å². The number of carbonyl (C=O) groups is 1. The standard InChI is InChI=1S/C21H22O12/c22-6-13-15(26)17(28)19(30)21(33-13)32-12-5-8(23)4-11-14(12)16(27)18(29)20(31-11)7-1-2-9(24)10(25)3-7/h1-5,13,15,17-26,28-30H,6H2/t13-,15-,17+,18+,19-,20-,21-/m1/s1. The van der Waals surface area contributed by atoms with Crippen LogP contribution in [0.5, 0.6) is 28.7 Å². The fourth-order valence-corrected chi connectivity index (χ4v) is 3.75. The summed E-state index contributed by atoms with van der Waals surface area (Å²) in [5.74, 6) is -2.75. The lowest BCUT2D eigenvalue weighted by Crippen LogP contribution is -2.60. The summed E-state index contributed by atoms with van der Waals surface area (Å²) in [7, 11) is 0. The molecule has 0 radical (unpaired) electrons. The summed E-state index contributed by atoms with van der Waals surface area (Å²) in [4.78, 5) is 13.0. The van der Waals surface area contributed by atoms with Gasteiger partial charge in [0.2, 0.25) is 12.1 Å². The zero-order chi connectivity index (χ0) is 24.0. The third kappa shape index (κ3) is 4.04. The highest BCUT2D eigenvalue weighted by Crippen LogP contribution is 2.44. The van der Waals surface area contributed by atoms with Crippen molar-refractivity contribution >= 4 is 5.78 Å². The van der Waals surface area contributed by atoms with Crippen LogP contribution in [0.2, 0.25) is 0 Å². The highest BCUT2D eigenvalue weighted by atomic mass is 16.7. The van der Waals surface area contributed by atoms with Gasteiger partial charge in [-0.15, -0.1) is 0 Å². The summed E-state index contributed by atoms with van der Waals surface area (Å²) < 4.78 is 16.4. The van der Waals surface area contributed by atoms with Crippen molar-refractivity contribution in [2.75, 3.05) is 6.61 Å². The van der Waals surface area contributed by atoms with Gasteiger partial charge in [0.15, 0.2) is 23.7 Å². The topological polar surface area (TPSA) is 207 Å². The minimum absolute atomic E-state index is 0.163. The highest BCUT2D eigenvalue weighted by molar-refractivity contribution is 6.05. The van der Waals surface area contributed by atoms with E-state index in [1.165, 1.54) is 6.07 Å². The van der Waals surface area contributed by atoms with Gasteiger partial charge in [-0.2, -0.15) is 0 Å². The van der Waals surface area contributed by atoms with E-state index in [0.29, 0.717) is 0 Å². The number of phenols is 3. The minimum Gasteiger partial charge on any atom is -0.508 e. The van der Waals surface area contributed by atoms with Gasteiger partial charge in [0.25, 0.3) is 0 Å². The molecule has 0 spiro atoms. The van der Waals surface area contributed by atoms with Crippen LogP contribution in [-0.4, -0.2) is 90.1 Å². The molecule has 0 amide bonds. The second-order valence-corrected chi connectivity index (χ2v) is 7.73. The van der Waals surface area contributed by atoms with E-state index in [1.807, 2.05) is 0 Å². The summed E-state index contributed by atoms with van der Waals surface area (Å²) in [5, 5.41) is 79.3. The Labute approximate surface area is 186 Å². The zero-order valence-electron chi connectivity index (χ0n) is 16.8. The molecule has 0 aliphatic carbocycles. The van der Waals surface area contributed by atoms with Crippen LogP contribution < -0.4 is 9.47 Å². The smallest absolute Gasteiger partial charge is 0.229 e.